The molecule has 0 unspecified atom stereocenters. The number of anilines is 3. The molecule has 0 bridgehead atoms. The van der Waals surface area contributed by atoms with Crippen LogP contribution >= 0.6 is 0 Å². The minimum absolute atomic E-state index is 0.0327. The molecule has 7 aromatic rings. The van der Waals surface area contributed by atoms with E-state index in [1.165, 1.54) is 72.3 Å². The number of benzene rings is 7. The highest BCUT2D eigenvalue weighted by Gasteiger charge is 2.36. The maximum absolute atomic E-state index is 2.53. The SMILES string of the molecule is CC(C)(C)c1cccc(-c2ccc(N(c3ccc4c(c3)C(C)(C)c3ccccc3-4)c3ccccc3-c3ccccc3)c(-c3cc(C(C)(C)C)cc(C(C)(C)C)c3)c2)c1. The Balaban J connectivity index is 1.46. The molecular weight excluding hydrogens is 699 g/mol. The van der Waals surface area contributed by atoms with Gasteiger partial charge in [0.15, 0.2) is 0 Å². The molecule has 0 aromatic heterocycles. The molecule has 1 aliphatic carbocycles. The van der Waals surface area contributed by atoms with Gasteiger partial charge >= 0.3 is 0 Å². The molecule has 1 aliphatic rings. The fraction of sp³-hybridized carbons (Fsp3) is 0.263. The van der Waals surface area contributed by atoms with Crippen LogP contribution in [0, 0.1) is 0 Å². The number of hydrogen-bond donors (Lipinski definition) is 0. The lowest BCUT2D eigenvalue weighted by Crippen LogP contribution is -2.18. The van der Waals surface area contributed by atoms with Gasteiger partial charge in [0.25, 0.3) is 0 Å². The first kappa shape index (κ1) is 39.2. The monoisotopic (exact) mass is 757 g/mol. The average molecular weight is 758 g/mol. The van der Waals surface area contributed by atoms with Crippen LogP contribution in [0.1, 0.15) is 104 Å². The molecule has 8 rings (SSSR count). The summed E-state index contributed by atoms with van der Waals surface area (Å²) in [5, 5.41) is 0. The first-order valence-corrected chi connectivity index (χ1v) is 21.0. The summed E-state index contributed by atoms with van der Waals surface area (Å²) in [5.74, 6) is 0. The lowest BCUT2D eigenvalue weighted by Gasteiger charge is -2.32. The van der Waals surface area contributed by atoms with Gasteiger partial charge in [0.05, 0.1) is 11.4 Å². The summed E-state index contributed by atoms with van der Waals surface area (Å²) in [4.78, 5) is 2.53. The highest BCUT2D eigenvalue weighted by molar-refractivity contribution is 5.96. The van der Waals surface area contributed by atoms with Gasteiger partial charge in [-0.05, 0) is 108 Å². The zero-order chi connectivity index (χ0) is 41.2. The Labute approximate surface area is 348 Å². The summed E-state index contributed by atoms with van der Waals surface area (Å²) in [7, 11) is 0. The summed E-state index contributed by atoms with van der Waals surface area (Å²) in [6, 6.07) is 59.5. The van der Waals surface area contributed by atoms with Crippen LogP contribution in [0.3, 0.4) is 0 Å². The molecule has 0 amide bonds. The van der Waals surface area contributed by atoms with Crippen LogP contribution in [0.15, 0.2) is 158 Å². The van der Waals surface area contributed by atoms with Gasteiger partial charge in [-0.1, -0.05) is 204 Å². The summed E-state index contributed by atoms with van der Waals surface area (Å²) in [5.41, 5.74) is 20.0. The molecule has 0 N–H and O–H groups in total. The third-order valence-electron chi connectivity index (χ3n) is 12.3. The van der Waals surface area contributed by atoms with Gasteiger partial charge in [0.1, 0.15) is 0 Å². The standard InChI is InChI=1S/C57H59N/c1-54(2,3)42-23-19-22-39(32-42)40-28-31-53(49(35-40)41-33-43(55(4,5)6)36-44(34-41)56(7,8)9)58(52-27-18-16-24-46(52)38-20-13-12-14-21-38)45-29-30-48-47-25-15-17-26-50(47)57(10,11)51(48)37-45/h12-37H,1-11H3. The number of fused-ring (bicyclic) bond motifs is 3. The molecule has 0 fully saturated rings. The van der Waals surface area contributed by atoms with Crippen molar-refractivity contribution < 1.29 is 0 Å². The molecule has 58 heavy (non-hydrogen) atoms. The lowest BCUT2D eigenvalue weighted by atomic mass is 9.78. The number of para-hydroxylation sites is 1. The molecule has 7 aromatic carbocycles. The average Bonchev–Trinajstić information content (AvgIpc) is 3.43. The molecule has 0 aliphatic heterocycles. The molecule has 0 heterocycles. The van der Waals surface area contributed by atoms with E-state index in [2.05, 4.69) is 239 Å². The van der Waals surface area contributed by atoms with E-state index < -0.39 is 0 Å². The Hall–Kier alpha value is -5.66. The topological polar surface area (TPSA) is 3.24 Å². The number of nitrogens with zero attached hydrogens (tertiary/aromatic N) is 1. The van der Waals surface area contributed by atoms with Crippen molar-refractivity contribution in [2.24, 2.45) is 0 Å². The molecule has 0 saturated carbocycles. The smallest absolute Gasteiger partial charge is 0.0540 e. The fourth-order valence-corrected chi connectivity index (χ4v) is 8.73. The van der Waals surface area contributed by atoms with Crippen molar-refractivity contribution in [3.05, 3.63) is 186 Å². The van der Waals surface area contributed by atoms with E-state index in [0.717, 1.165) is 17.1 Å². The second-order valence-corrected chi connectivity index (χ2v) is 20.0. The van der Waals surface area contributed by atoms with Crippen molar-refractivity contribution in [1.29, 1.82) is 0 Å². The van der Waals surface area contributed by atoms with Crippen molar-refractivity contribution in [3.63, 3.8) is 0 Å². The van der Waals surface area contributed by atoms with E-state index in [4.69, 9.17) is 0 Å². The largest absolute Gasteiger partial charge is 0.309 e. The molecule has 1 nitrogen and oxygen atoms in total. The molecule has 0 spiro atoms. The predicted octanol–water partition coefficient (Wildman–Crippen LogP) is 16.4. The summed E-state index contributed by atoms with van der Waals surface area (Å²) in [6.07, 6.45) is 0. The third kappa shape index (κ3) is 7.21. The van der Waals surface area contributed by atoms with Crippen molar-refractivity contribution in [1.82, 2.24) is 0 Å². The molecule has 0 atom stereocenters. The Kier molecular flexibility index (Phi) is 9.67. The van der Waals surface area contributed by atoms with E-state index in [1.54, 1.807) is 0 Å². The summed E-state index contributed by atoms with van der Waals surface area (Å²) >= 11 is 0. The zero-order valence-electron chi connectivity index (χ0n) is 36.5. The predicted molar refractivity (Wildman–Crippen MR) is 251 cm³/mol. The normalized spacial score (nSPS) is 13.6. The van der Waals surface area contributed by atoms with E-state index >= 15 is 0 Å². The van der Waals surface area contributed by atoms with E-state index in [0.29, 0.717) is 0 Å². The third-order valence-corrected chi connectivity index (χ3v) is 12.3. The van der Waals surface area contributed by atoms with Crippen LogP contribution in [0.5, 0.6) is 0 Å². The van der Waals surface area contributed by atoms with Crippen molar-refractivity contribution >= 4 is 17.1 Å². The second-order valence-electron chi connectivity index (χ2n) is 20.0. The Bertz CT molecular complexity index is 2600. The van der Waals surface area contributed by atoms with Crippen molar-refractivity contribution in [2.45, 2.75) is 97.8 Å². The van der Waals surface area contributed by atoms with E-state index in [1.807, 2.05) is 0 Å². The Morgan fingerprint density at radius 2 is 0.879 bits per heavy atom. The quantitative estimate of drug-likeness (QED) is 0.163. The number of rotatable bonds is 6. The first-order valence-electron chi connectivity index (χ1n) is 21.0. The van der Waals surface area contributed by atoms with Crippen LogP contribution in [0.25, 0.3) is 44.5 Å². The van der Waals surface area contributed by atoms with Crippen LogP contribution in [-0.4, -0.2) is 0 Å². The van der Waals surface area contributed by atoms with Gasteiger partial charge in [-0.2, -0.15) is 0 Å². The fourth-order valence-electron chi connectivity index (χ4n) is 8.73. The van der Waals surface area contributed by atoms with Crippen LogP contribution in [0.2, 0.25) is 0 Å². The second kappa shape index (κ2) is 14.3. The molecule has 292 valence electrons. The van der Waals surface area contributed by atoms with Gasteiger partial charge in [0, 0.05) is 22.2 Å². The van der Waals surface area contributed by atoms with Crippen LogP contribution in [-0.2, 0) is 21.7 Å². The van der Waals surface area contributed by atoms with Gasteiger partial charge in [-0.3, -0.25) is 0 Å². The highest BCUT2D eigenvalue weighted by atomic mass is 15.1. The van der Waals surface area contributed by atoms with Crippen LogP contribution in [0.4, 0.5) is 17.1 Å². The van der Waals surface area contributed by atoms with Gasteiger partial charge in [-0.25, -0.2) is 0 Å². The minimum Gasteiger partial charge on any atom is -0.309 e. The van der Waals surface area contributed by atoms with Crippen molar-refractivity contribution in [2.75, 3.05) is 4.90 Å². The molecule has 0 saturated heterocycles. The highest BCUT2D eigenvalue weighted by Crippen LogP contribution is 2.52. The van der Waals surface area contributed by atoms with E-state index in [-0.39, 0.29) is 21.7 Å². The maximum Gasteiger partial charge on any atom is 0.0540 e. The summed E-state index contributed by atoms with van der Waals surface area (Å²) < 4.78 is 0. The van der Waals surface area contributed by atoms with Gasteiger partial charge < -0.3 is 4.90 Å². The Morgan fingerprint density at radius 3 is 1.55 bits per heavy atom. The Morgan fingerprint density at radius 1 is 0.345 bits per heavy atom. The maximum atomic E-state index is 2.53. The minimum atomic E-state index is -0.139. The van der Waals surface area contributed by atoms with Gasteiger partial charge in [-0.15, -0.1) is 0 Å². The zero-order valence-corrected chi connectivity index (χ0v) is 36.5. The van der Waals surface area contributed by atoms with Gasteiger partial charge in [0.2, 0.25) is 0 Å². The van der Waals surface area contributed by atoms with Crippen LogP contribution < -0.4 is 4.90 Å². The summed E-state index contributed by atoms with van der Waals surface area (Å²) in [6.45, 7) is 25.6. The van der Waals surface area contributed by atoms with Crippen molar-refractivity contribution in [3.8, 4) is 44.5 Å². The number of hydrogen-bond acceptors (Lipinski definition) is 1. The molecule has 1 heteroatoms. The molecular formula is C57H59N. The van der Waals surface area contributed by atoms with E-state index in [9.17, 15) is 0 Å². The molecule has 0 radical (unpaired) electrons. The lowest BCUT2D eigenvalue weighted by molar-refractivity contribution is 0.569. The first-order chi connectivity index (χ1) is 27.4.